The number of urea groups is 1. The van der Waals surface area contributed by atoms with Crippen molar-refractivity contribution in [1.29, 1.82) is 0 Å². The van der Waals surface area contributed by atoms with E-state index in [9.17, 15) is 14.4 Å². The van der Waals surface area contributed by atoms with E-state index in [1.54, 1.807) is 12.1 Å². The summed E-state index contributed by atoms with van der Waals surface area (Å²) in [4.78, 5) is 44.3. The van der Waals surface area contributed by atoms with E-state index in [1.807, 2.05) is 45.0 Å². The summed E-state index contributed by atoms with van der Waals surface area (Å²) in [5.74, 6) is -0.693. The predicted molar refractivity (Wildman–Crippen MR) is 126 cm³/mol. The molecule has 0 aliphatic carbocycles. The van der Waals surface area contributed by atoms with Crippen LogP contribution in [-0.4, -0.2) is 46.1 Å². The number of aryl methyl sites for hydroxylation is 1. The highest BCUT2D eigenvalue weighted by Crippen LogP contribution is 2.34. The molecule has 2 aromatic carbocycles. The van der Waals surface area contributed by atoms with E-state index in [1.165, 1.54) is 6.07 Å². The SMILES string of the molecule is CCCOc1ccc(N2C(=O)C(=O)N(Cc3noc(-c4ccc(C)cc4)n3)C2=O)cc1OCCC. The van der Waals surface area contributed by atoms with Gasteiger partial charge in [-0.2, -0.15) is 4.98 Å². The normalized spacial score (nSPS) is 13.6. The van der Waals surface area contributed by atoms with E-state index < -0.39 is 17.8 Å². The molecule has 1 aliphatic rings. The Morgan fingerprint density at radius 1 is 0.886 bits per heavy atom. The van der Waals surface area contributed by atoms with Crippen molar-refractivity contribution in [3.05, 3.63) is 53.9 Å². The van der Waals surface area contributed by atoms with Crippen molar-refractivity contribution in [3.63, 3.8) is 0 Å². The monoisotopic (exact) mass is 478 g/mol. The van der Waals surface area contributed by atoms with Crippen molar-refractivity contribution in [1.82, 2.24) is 15.0 Å². The lowest BCUT2D eigenvalue weighted by atomic mass is 10.1. The molecule has 0 spiro atoms. The first kappa shape index (κ1) is 23.9. The minimum atomic E-state index is -0.973. The maximum absolute atomic E-state index is 13.1. The number of carbonyl (C=O) groups is 3. The first-order valence-electron chi connectivity index (χ1n) is 11.4. The van der Waals surface area contributed by atoms with E-state index in [0.717, 1.165) is 28.2 Å². The fraction of sp³-hybridized carbons (Fsp3) is 0.320. The van der Waals surface area contributed by atoms with Gasteiger partial charge in [0.25, 0.3) is 5.89 Å². The number of carbonyl (C=O) groups excluding carboxylic acids is 3. The third-order valence-electron chi connectivity index (χ3n) is 5.23. The summed E-state index contributed by atoms with van der Waals surface area (Å²) in [6.45, 7) is 6.52. The quantitative estimate of drug-likeness (QED) is 0.316. The third-order valence-corrected chi connectivity index (χ3v) is 5.23. The van der Waals surface area contributed by atoms with Crippen LogP contribution in [0.25, 0.3) is 11.5 Å². The Labute approximate surface area is 202 Å². The highest BCUT2D eigenvalue weighted by atomic mass is 16.5. The predicted octanol–water partition coefficient (Wildman–Crippen LogP) is 4.12. The van der Waals surface area contributed by atoms with Gasteiger partial charge in [-0.15, -0.1) is 0 Å². The van der Waals surface area contributed by atoms with Crippen LogP contribution in [0.1, 0.15) is 38.1 Å². The zero-order chi connectivity index (χ0) is 24.9. The van der Waals surface area contributed by atoms with Crippen molar-refractivity contribution in [2.75, 3.05) is 18.1 Å². The summed E-state index contributed by atoms with van der Waals surface area (Å²) in [5, 5.41) is 3.86. The number of imide groups is 2. The molecule has 4 rings (SSSR count). The molecule has 0 N–H and O–H groups in total. The minimum absolute atomic E-state index is 0.104. The lowest BCUT2D eigenvalue weighted by Gasteiger charge is -2.17. The Kier molecular flexibility index (Phi) is 7.09. The van der Waals surface area contributed by atoms with Gasteiger partial charge in [0.05, 0.1) is 25.4 Å². The molecule has 0 unspecified atom stereocenters. The second kappa shape index (κ2) is 10.4. The van der Waals surface area contributed by atoms with Crippen LogP contribution in [0.4, 0.5) is 10.5 Å². The molecule has 10 heteroatoms. The molecule has 1 saturated heterocycles. The summed E-state index contributed by atoms with van der Waals surface area (Å²) in [7, 11) is 0. The van der Waals surface area contributed by atoms with E-state index in [0.29, 0.717) is 30.3 Å². The third kappa shape index (κ3) is 5.01. The summed E-state index contributed by atoms with van der Waals surface area (Å²) in [5.41, 5.74) is 1.99. The topological polar surface area (TPSA) is 115 Å². The van der Waals surface area contributed by atoms with E-state index in [4.69, 9.17) is 14.0 Å². The average molecular weight is 479 g/mol. The molecule has 1 aliphatic heterocycles. The lowest BCUT2D eigenvalue weighted by molar-refractivity contribution is -0.139. The minimum Gasteiger partial charge on any atom is -0.490 e. The number of hydrogen-bond donors (Lipinski definition) is 0. The molecular formula is C25H26N4O6. The zero-order valence-electron chi connectivity index (χ0n) is 19.8. The lowest BCUT2D eigenvalue weighted by Crippen LogP contribution is -2.33. The van der Waals surface area contributed by atoms with Crippen LogP contribution < -0.4 is 14.4 Å². The number of benzene rings is 2. The molecule has 1 fully saturated rings. The standard InChI is InChI=1S/C25H26N4O6/c1-4-12-33-19-11-10-18(14-20(19)34-13-5-2)29-24(31)23(30)28(25(29)32)15-21-26-22(35-27-21)17-8-6-16(3)7-9-17/h6-11,14H,4-5,12-13,15H2,1-3H3. The van der Waals surface area contributed by atoms with Crippen LogP contribution in [0.3, 0.4) is 0 Å². The van der Waals surface area contributed by atoms with Crippen molar-refractivity contribution in [3.8, 4) is 23.0 Å². The highest BCUT2D eigenvalue weighted by Gasteiger charge is 2.46. The van der Waals surface area contributed by atoms with Crippen molar-refractivity contribution in [2.24, 2.45) is 0 Å². The second-order valence-corrected chi connectivity index (χ2v) is 8.02. The zero-order valence-corrected chi connectivity index (χ0v) is 19.8. The van der Waals surface area contributed by atoms with Crippen LogP contribution in [0.15, 0.2) is 47.0 Å². The van der Waals surface area contributed by atoms with Gasteiger partial charge in [-0.05, 0) is 44.0 Å². The van der Waals surface area contributed by atoms with Crippen LogP contribution in [0, 0.1) is 6.92 Å². The molecule has 0 saturated carbocycles. The molecule has 0 bridgehead atoms. The number of anilines is 1. The van der Waals surface area contributed by atoms with Gasteiger partial charge >= 0.3 is 17.8 Å². The van der Waals surface area contributed by atoms with Gasteiger partial charge in [-0.25, -0.2) is 14.6 Å². The van der Waals surface area contributed by atoms with Gasteiger partial charge in [0.1, 0.15) is 0 Å². The molecule has 182 valence electrons. The van der Waals surface area contributed by atoms with Crippen molar-refractivity contribution >= 4 is 23.5 Å². The average Bonchev–Trinajstić information content (AvgIpc) is 3.41. The Balaban J connectivity index is 1.55. The number of amides is 4. The number of ether oxygens (including phenoxy) is 2. The van der Waals surface area contributed by atoms with Crippen LogP contribution in [0.2, 0.25) is 0 Å². The van der Waals surface area contributed by atoms with Gasteiger partial charge in [-0.1, -0.05) is 36.7 Å². The number of hydrogen-bond acceptors (Lipinski definition) is 8. The molecular weight excluding hydrogens is 452 g/mol. The van der Waals surface area contributed by atoms with E-state index in [2.05, 4.69) is 10.1 Å². The fourth-order valence-electron chi connectivity index (χ4n) is 3.44. The smallest absolute Gasteiger partial charge is 0.339 e. The maximum Gasteiger partial charge on any atom is 0.339 e. The molecule has 2 heterocycles. The second-order valence-electron chi connectivity index (χ2n) is 8.02. The van der Waals surface area contributed by atoms with Crippen molar-refractivity contribution in [2.45, 2.75) is 40.2 Å². The molecule has 3 aromatic rings. The number of aromatic nitrogens is 2. The van der Waals surface area contributed by atoms with Gasteiger partial charge in [0, 0.05) is 11.6 Å². The molecule has 0 radical (unpaired) electrons. The molecule has 1 aromatic heterocycles. The Morgan fingerprint density at radius 3 is 2.26 bits per heavy atom. The van der Waals surface area contributed by atoms with Crippen LogP contribution in [0.5, 0.6) is 11.5 Å². The number of rotatable bonds is 10. The molecule has 35 heavy (non-hydrogen) atoms. The molecule has 10 nitrogen and oxygen atoms in total. The summed E-state index contributed by atoms with van der Waals surface area (Å²) >= 11 is 0. The first-order chi connectivity index (χ1) is 16.9. The van der Waals surface area contributed by atoms with Crippen LogP contribution in [-0.2, 0) is 16.1 Å². The molecule has 4 amide bonds. The van der Waals surface area contributed by atoms with Gasteiger partial charge in [-0.3, -0.25) is 9.59 Å². The van der Waals surface area contributed by atoms with Crippen LogP contribution >= 0.6 is 0 Å². The van der Waals surface area contributed by atoms with E-state index in [-0.39, 0.29) is 23.9 Å². The summed E-state index contributed by atoms with van der Waals surface area (Å²) in [6.07, 6.45) is 1.57. The first-order valence-corrected chi connectivity index (χ1v) is 11.4. The fourth-order valence-corrected chi connectivity index (χ4v) is 3.44. The Bertz CT molecular complexity index is 1240. The summed E-state index contributed by atoms with van der Waals surface area (Å²) in [6, 6.07) is 11.4. The van der Waals surface area contributed by atoms with Gasteiger partial charge in [0.15, 0.2) is 17.3 Å². The van der Waals surface area contributed by atoms with E-state index >= 15 is 0 Å². The number of nitrogens with zero attached hydrogens (tertiary/aromatic N) is 4. The summed E-state index contributed by atoms with van der Waals surface area (Å²) < 4.78 is 16.7. The molecule has 0 atom stereocenters. The maximum atomic E-state index is 13.1. The van der Waals surface area contributed by atoms with Gasteiger partial charge in [0.2, 0.25) is 0 Å². The Morgan fingerprint density at radius 2 is 1.57 bits per heavy atom. The highest BCUT2D eigenvalue weighted by molar-refractivity contribution is 6.52. The van der Waals surface area contributed by atoms with Crippen molar-refractivity contribution < 1.29 is 28.4 Å². The largest absolute Gasteiger partial charge is 0.490 e. The van der Waals surface area contributed by atoms with Gasteiger partial charge < -0.3 is 14.0 Å². The Hall–Kier alpha value is -4.21.